The van der Waals surface area contributed by atoms with Gasteiger partial charge in [-0.1, -0.05) is 6.07 Å². The molecule has 10 nitrogen and oxygen atoms in total. The molecule has 33 heavy (non-hydrogen) atoms. The van der Waals surface area contributed by atoms with Crippen molar-refractivity contribution >= 4 is 28.7 Å². The second-order valence-corrected chi connectivity index (χ2v) is 7.99. The van der Waals surface area contributed by atoms with Crippen molar-refractivity contribution in [1.29, 1.82) is 0 Å². The number of fused-ring (bicyclic) bond motifs is 1. The Morgan fingerprint density at radius 1 is 1.24 bits per heavy atom. The minimum absolute atomic E-state index is 0.218. The smallest absolute Gasteiger partial charge is 0.291 e. The van der Waals surface area contributed by atoms with Crippen LogP contribution in [0.2, 0.25) is 0 Å². The van der Waals surface area contributed by atoms with Gasteiger partial charge in [-0.25, -0.2) is 9.50 Å². The van der Waals surface area contributed by atoms with Gasteiger partial charge in [-0.3, -0.25) is 4.79 Å². The molecule has 1 aliphatic rings. The molecule has 5 N–H and O–H groups in total. The first kappa shape index (κ1) is 20.8. The van der Waals surface area contributed by atoms with E-state index in [9.17, 15) is 4.79 Å². The van der Waals surface area contributed by atoms with Crippen molar-refractivity contribution in [3.8, 4) is 16.9 Å². The number of benzene rings is 1. The molecular formula is C23H25N7O3. The van der Waals surface area contributed by atoms with Crippen molar-refractivity contribution in [2.24, 2.45) is 5.73 Å². The van der Waals surface area contributed by atoms with Crippen LogP contribution in [0.25, 0.3) is 16.6 Å². The highest BCUT2D eigenvalue weighted by atomic mass is 16.5. The SMILES string of the molecule is COc1cc(-c2cc(N3CCC(N)CC3)n3ncnc(N)c23)ccc1NC(=O)c1ccco1. The minimum atomic E-state index is -0.358. The molecule has 0 radical (unpaired) electrons. The topological polar surface area (TPSA) is 137 Å². The molecular weight excluding hydrogens is 422 g/mol. The van der Waals surface area contributed by atoms with Crippen LogP contribution in [0.15, 0.2) is 53.4 Å². The highest BCUT2D eigenvalue weighted by Crippen LogP contribution is 2.38. The lowest BCUT2D eigenvalue weighted by Gasteiger charge is -2.31. The Morgan fingerprint density at radius 3 is 2.79 bits per heavy atom. The summed E-state index contributed by atoms with van der Waals surface area (Å²) >= 11 is 0. The first-order valence-electron chi connectivity index (χ1n) is 10.7. The summed E-state index contributed by atoms with van der Waals surface area (Å²) in [4.78, 5) is 18.9. The fraction of sp³-hybridized carbons (Fsp3) is 0.261. The lowest BCUT2D eigenvalue weighted by Crippen LogP contribution is -2.40. The van der Waals surface area contributed by atoms with Crippen molar-refractivity contribution in [1.82, 2.24) is 14.6 Å². The van der Waals surface area contributed by atoms with E-state index < -0.39 is 0 Å². The normalized spacial score (nSPS) is 14.5. The monoisotopic (exact) mass is 447 g/mol. The predicted molar refractivity (Wildman–Crippen MR) is 125 cm³/mol. The van der Waals surface area contributed by atoms with Crippen LogP contribution in [-0.2, 0) is 0 Å². The average Bonchev–Trinajstić information content (AvgIpc) is 3.49. The summed E-state index contributed by atoms with van der Waals surface area (Å²) in [6.07, 6.45) is 4.74. The van der Waals surface area contributed by atoms with Gasteiger partial charge in [-0.15, -0.1) is 0 Å². The van der Waals surface area contributed by atoms with E-state index in [4.69, 9.17) is 20.6 Å². The molecule has 4 aromatic rings. The summed E-state index contributed by atoms with van der Waals surface area (Å²) in [7, 11) is 1.55. The molecule has 0 unspecified atom stereocenters. The fourth-order valence-corrected chi connectivity index (χ4v) is 4.18. The van der Waals surface area contributed by atoms with Crippen molar-refractivity contribution in [3.63, 3.8) is 0 Å². The van der Waals surface area contributed by atoms with Crippen molar-refractivity contribution < 1.29 is 13.9 Å². The maximum atomic E-state index is 12.4. The number of anilines is 3. The number of methoxy groups -OCH3 is 1. The van der Waals surface area contributed by atoms with Gasteiger partial charge in [0.2, 0.25) is 0 Å². The third kappa shape index (κ3) is 3.85. The van der Waals surface area contributed by atoms with Crippen LogP contribution < -0.4 is 26.4 Å². The molecule has 1 aliphatic heterocycles. The van der Waals surface area contributed by atoms with Gasteiger partial charge in [0.15, 0.2) is 11.6 Å². The second kappa shape index (κ2) is 8.47. The van der Waals surface area contributed by atoms with E-state index in [-0.39, 0.29) is 17.7 Å². The number of rotatable bonds is 5. The number of nitrogens with one attached hydrogen (secondary N) is 1. The number of carbonyl (C=O) groups excluding carboxylic acids is 1. The number of aromatic nitrogens is 3. The van der Waals surface area contributed by atoms with Gasteiger partial charge in [-0.05, 0) is 48.7 Å². The lowest BCUT2D eigenvalue weighted by molar-refractivity contribution is 0.0996. The summed E-state index contributed by atoms with van der Waals surface area (Å²) in [5.41, 5.74) is 15.3. The number of ether oxygens (including phenoxy) is 1. The first-order valence-corrected chi connectivity index (χ1v) is 10.7. The van der Waals surface area contributed by atoms with Crippen LogP contribution >= 0.6 is 0 Å². The molecule has 1 aromatic carbocycles. The molecule has 1 saturated heterocycles. The van der Waals surface area contributed by atoms with Crippen LogP contribution in [0.1, 0.15) is 23.4 Å². The van der Waals surface area contributed by atoms with E-state index in [0.717, 1.165) is 48.4 Å². The fourth-order valence-electron chi connectivity index (χ4n) is 4.18. The van der Waals surface area contributed by atoms with Gasteiger partial charge in [0, 0.05) is 24.7 Å². The molecule has 0 atom stereocenters. The van der Waals surface area contributed by atoms with E-state index in [1.807, 2.05) is 16.6 Å². The number of hydrogen-bond donors (Lipinski definition) is 3. The van der Waals surface area contributed by atoms with Crippen LogP contribution in [0.3, 0.4) is 0 Å². The number of nitrogens with zero attached hydrogens (tertiary/aromatic N) is 4. The minimum Gasteiger partial charge on any atom is -0.495 e. The molecule has 5 rings (SSSR count). The summed E-state index contributed by atoms with van der Waals surface area (Å²) < 4.78 is 12.6. The Bertz CT molecular complexity index is 1290. The molecule has 1 fully saturated rings. The van der Waals surface area contributed by atoms with Crippen molar-refractivity contribution in [3.05, 3.63) is 54.7 Å². The number of amides is 1. The zero-order valence-electron chi connectivity index (χ0n) is 18.2. The molecule has 3 aromatic heterocycles. The van der Waals surface area contributed by atoms with E-state index in [1.165, 1.54) is 12.6 Å². The van der Waals surface area contributed by atoms with Crippen molar-refractivity contribution in [2.45, 2.75) is 18.9 Å². The molecule has 0 aliphatic carbocycles. The predicted octanol–water partition coefficient (Wildman–Crippen LogP) is 2.76. The highest BCUT2D eigenvalue weighted by molar-refractivity contribution is 6.03. The molecule has 0 spiro atoms. The Balaban J connectivity index is 1.54. The Labute approximate surface area is 190 Å². The molecule has 0 bridgehead atoms. The maximum absolute atomic E-state index is 12.4. The van der Waals surface area contributed by atoms with Crippen LogP contribution in [0.5, 0.6) is 5.75 Å². The maximum Gasteiger partial charge on any atom is 0.291 e. The van der Waals surface area contributed by atoms with E-state index >= 15 is 0 Å². The largest absolute Gasteiger partial charge is 0.495 e. The summed E-state index contributed by atoms with van der Waals surface area (Å²) in [5, 5.41) is 7.28. The quantitative estimate of drug-likeness (QED) is 0.425. The van der Waals surface area contributed by atoms with Crippen molar-refractivity contribution in [2.75, 3.05) is 36.1 Å². The van der Waals surface area contributed by atoms with Crippen LogP contribution in [-0.4, -0.2) is 46.7 Å². The lowest BCUT2D eigenvalue weighted by atomic mass is 10.0. The van der Waals surface area contributed by atoms with Crippen LogP contribution in [0, 0.1) is 0 Å². The third-order valence-corrected chi connectivity index (χ3v) is 5.93. The van der Waals surface area contributed by atoms with E-state index in [0.29, 0.717) is 17.3 Å². The first-order chi connectivity index (χ1) is 16.0. The third-order valence-electron chi connectivity index (χ3n) is 5.93. The molecule has 0 saturated carbocycles. The summed E-state index contributed by atoms with van der Waals surface area (Å²) in [6, 6.07) is 11.1. The number of furan rings is 1. The van der Waals surface area contributed by atoms with Gasteiger partial charge in [0.05, 0.1) is 19.1 Å². The number of hydrogen-bond acceptors (Lipinski definition) is 8. The number of nitrogen functional groups attached to an aromatic ring is 1. The van der Waals surface area contributed by atoms with Gasteiger partial charge in [-0.2, -0.15) is 5.10 Å². The number of piperidine rings is 1. The molecule has 170 valence electrons. The zero-order valence-corrected chi connectivity index (χ0v) is 18.2. The Hall–Kier alpha value is -4.05. The number of nitrogens with two attached hydrogens (primary N) is 2. The Morgan fingerprint density at radius 2 is 2.06 bits per heavy atom. The van der Waals surface area contributed by atoms with Gasteiger partial charge >= 0.3 is 0 Å². The van der Waals surface area contributed by atoms with Gasteiger partial charge < -0.3 is 30.8 Å². The standard InChI is InChI=1S/C23H25N7O3/c1-32-19-11-14(4-5-17(19)28-23(31)18-3-2-10-33-18)16-12-20(29-8-6-15(24)7-9-29)30-21(16)22(25)26-13-27-30/h2-5,10-13,15H,6-9,24H2,1H3,(H,28,31)(H2,25,26,27). The molecule has 4 heterocycles. The molecule has 1 amide bonds. The summed E-state index contributed by atoms with van der Waals surface area (Å²) in [6.45, 7) is 1.69. The summed E-state index contributed by atoms with van der Waals surface area (Å²) in [5.74, 6) is 1.69. The van der Waals surface area contributed by atoms with Crippen LogP contribution in [0.4, 0.5) is 17.3 Å². The van der Waals surface area contributed by atoms with Gasteiger partial charge in [0.25, 0.3) is 5.91 Å². The highest BCUT2D eigenvalue weighted by Gasteiger charge is 2.23. The number of carbonyl (C=O) groups is 1. The second-order valence-electron chi connectivity index (χ2n) is 7.99. The molecule has 10 heteroatoms. The average molecular weight is 447 g/mol. The van der Waals surface area contributed by atoms with E-state index in [1.54, 1.807) is 25.3 Å². The van der Waals surface area contributed by atoms with E-state index in [2.05, 4.69) is 26.4 Å². The Kier molecular flexibility index (Phi) is 5.35. The van der Waals surface area contributed by atoms with Gasteiger partial charge in [0.1, 0.15) is 23.4 Å². The zero-order chi connectivity index (χ0) is 22.9.